The van der Waals surface area contributed by atoms with E-state index in [4.69, 9.17) is 27.9 Å². The molecule has 0 fully saturated rings. The van der Waals surface area contributed by atoms with Gasteiger partial charge >= 0.3 is 0 Å². The van der Waals surface area contributed by atoms with Gasteiger partial charge in [0.05, 0.1) is 22.5 Å². The van der Waals surface area contributed by atoms with E-state index in [1.807, 2.05) is 11.9 Å². The largest absolute Gasteiger partial charge is 0.443 e. The molecule has 7 heteroatoms. The van der Waals surface area contributed by atoms with Crippen LogP contribution in [0.4, 0.5) is 5.69 Å². The lowest BCUT2D eigenvalue weighted by atomic mass is 10.1. The summed E-state index contributed by atoms with van der Waals surface area (Å²) in [5.74, 6) is 1.40. The highest BCUT2D eigenvalue weighted by atomic mass is 79.9. The van der Waals surface area contributed by atoms with Crippen molar-refractivity contribution >= 4 is 50.7 Å². The van der Waals surface area contributed by atoms with Crippen molar-refractivity contribution in [3.8, 4) is 5.75 Å². The van der Waals surface area contributed by atoms with Gasteiger partial charge in [0.25, 0.3) is 0 Å². The first-order valence-corrected chi connectivity index (χ1v) is 6.71. The Morgan fingerprint density at radius 3 is 3.06 bits per heavy atom. The standard InChI is InChI=1S/C11H8BrCl2N3O/c1-17-3-7(13)18-6-2-5(12)9(14)10-8(6)11(17)16-4-15-10/h2-3,15H,4H2,1H3. The third-order valence-corrected chi connectivity index (χ3v) is 4.15. The quantitative estimate of drug-likeness (QED) is 0.778. The molecule has 0 aromatic heterocycles. The molecule has 1 aromatic carbocycles. The van der Waals surface area contributed by atoms with Gasteiger partial charge in [0.1, 0.15) is 18.3 Å². The van der Waals surface area contributed by atoms with Crippen LogP contribution in [0.25, 0.3) is 0 Å². The second-order valence-corrected chi connectivity index (χ2v) is 5.49. The first kappa shape index (κ1) is 12.1. The zero-order valence-corrected chi connectivity index (χ0v) is 12.4. The van der Waals surface area contributed by atoms with Crippen molar-refractivity contribution in [2.45, 2.75) is 0 Å². The van der Waals surface area contributed by atoms with Crippen molar-refractivity contribution in [3.05, 3.63) is 32.5 Å². The summed E-state index contributed by atoms with van der Waals surface area (Å²) in [5.41, 5.74) is 1.63. The second-order valence-electron chi connectivity index (χ2n) is 3.88. The number of aliphatic imine (C=N–C) groups is 1. The van der Waals surface area contributed by atoms with Gasteiger partial charge in [0.2, 0.25) is 5.22 Å². The zero-order chi connectivity index (χ0) is 12.9. The average molecular weight is 349 g/mol. The Balaban J connectivity index is 2.32. The third-order valence-electron chi connectivity index (χ3n) is 2.73. The van der Waals surface area contributed by atoms with Gasteiger partial charge in [-0.05, 0) is 33.6 Å². The molecule has 0 saturated heterocycles. The molecule has 1 aromatic rings. The fourth-order valence-electron chi connectivity index (χ4n) is 1.98. The molecule has 94 valence electrons. The predicted octanol–water partition coefficient (Wildman–Crippen LogP) is 3.59. The number of benzene rings is 1. The molecule has 0 spiro atoms. The van der Waals surface area contributed by atoms with Crippen LogP contribution in [0.1, 0.15) is 5.56 Å². The minimum absolute atomic E-state index is 0.283. The normalized spacial score (nSPS) is 17.0. The van der Waals surface area contributed by atoms with Crippen LogP contribution >= 0.6 is 39.1 Å². The van der Waals surface area contributed by atoms with Crippen molar-refractivity contribution < 1.29 is 4.74 Å². The van der Waals surface area contributed by atoms with E-state index in [2.05, 4.69) is 26.2 Å². The molecule has 4 nitrogen and oxygen atoms in total. The van der Waals surface area contributed by atoms with Crippen LogP contribution in [-0.4, -0.2) is 24.5 Å². The van der Waals surface area contributed by atoms with E-state index in [0.717, 1.165) is 21.6 Å². The maximum absolute atomic E-state index is 6.28. The molecule has 3 rings (SSSR count). The summed E-state index contributed by atoms with van der Waals surface area (Å²) < 4.78 is 6.34. The molecule has 0 saturated carbocycles. The zero-order valence-electron chi connectivity index (χ0n) is 9.30. The minimum Gasteiger partial charge on any atom is -0.443 e. The van der Waals surface area contributed by atoms with Crippen LogP contribution < -0.4 is 10.1 Å². The van der Waals surface area contributed by atoms with Crippen LogP contribution in [0, 0.1) is 0 Å². The summed E-state index contributed by atoms with van der Waals surface area (Å²) in [5, 5.41) is 4.04. The van der Waals surface area contributed by atoms with E-state index in [9.17, 15) is 0 Å². The molecule has 2 heterocycles. The van der Waals surface area contributed by atoms with Gasteiger partial charge in [-0.15, -0.1) is 0 Å². The fourth-order valence-corrected chi connectivity index (χ4v) is 2.83. The van der Waals surface area contributed by atoms with Crippen molar-refractivity contribution in [2.24, 2.45) is 4.99 Å². The number of rotatable bonds is 0. The highest BCUT2D eigenvalue weighted by Crippen LogP contribution is 2.43. The molecule has 2 aliphatic rings. The number of anilines is 1. The minimum atomic E-state index is 0.283. The highest BCUT2D eigenvalue weighted by Gasteiger charge is 2.28. The molecule has 0 aliphatic carbocycles. The van der Waals surface area contributed by atoms with Gasteiger partial charge in [-0.25, -0.2) is 4.99 Å². The number of amidine groups is 1. The number of nitrogens with zero attached hydrogens (tertiary/aromatic N) is 2. The topological polar surface area (TPSA) is 36.9 Å². The van der Waals surface area contributed by atoms with Crippen molar-refractivity contribution in [1.29, 1.82) is 0 Å². The predicted molar refractivity (Wildman–Crippen MR) is 76.5 cm³/mol. The smallest absolute Gasteiger partial charge is 0.210 e. The van der Waals surface area contributed by atoms with Gasteiger partial charge in [-0.3, -0.25) is 0 Å². The maximum Gasteiger partial charge on any atom is 0.210 e. The summed E-state index contributed by atoms with van der Waals surface area (Å²) in [6.07, 6.45) is 1.68. The van der Waals surface area contributed by atoms with Crippen molar-refractivity contribution in [2.75, 3.05) is 19.0 Å². The SMILES string of the molecule is CN1C=C(Cl)Oc2cc(Br)c(Cl)c3c2C1=NCN3. The van der Waals surface area contributed by atoms with Gasteiger partial charge in [0, 0.05) is 11.5 Å². The lowest BCUT2D eigenvalue weighted by Crippen LogP contribution is -2.27. The Kier molecular flexibility index (Phi) is 2.92. The maximum atomic E-state index is 6.28. The van der Waals surface area contributed by atoms with Crippen LogP contribution in [0.2, 0.25) is 5.02 Å². The highest BCUT2D eigenvalue weighted by molar-refractivity contribution is 9.10. The molecular formula is C11H8BrCl2N3O. The summed E-state index contributed by atoms with van der Waals surface area (Å²) >= 11 is 15.7. The molecule has 0 atom stereocenters. The Morgan fingerprint density at radius 2 is 2.28 bits per heavy atom. The Bertz CT molecular complexity index is 600. The lowest BCUT2D eigenvalue weighted by molar-refractivity contribution is 0.456. The Morgan fingerprint density at radius 1 is 1.50 bits per heavy atom. The molecule has 0 amide bonds. The molecule has 0 bridgehead atoms. The number of halogens is 3. The van der Waals surface area contributed by atoms with Gasteiger partial charge in [0.15, 0.2) is 0 Å². The van der Waals surface area contributed by atoms with Crippen molar-refractivity contribution in [1.82, 2.24) is 4.90 Å². The summed E-state index contributed by atoms with van der Waals surface area (Å²) in [7, 11) is 1.87. The molecular weight excluding hydrogens is 341 g/mol. The molecule has 0 unspecified atom stereocenters. The number of hydrogen-bond donors (Lipinski definition) is 1. The van der Waals surface area contributed by atoms with Gasteiger partial charge in [-0.2, -0.15) is 0 Å². The van der Waals surface area contributed by atoms with Crippen LogP contribution in [-0.2, 0) is 0 Å². The van der Waals surface area contributed by atoms with E-state index in [0.29, 0.717) is 17.4 Å². The summed E-state index contributed by atoms with van der Waals surface area (Å²) in [6.45, 7) is 0.466. The van der Waals surface area contributed by atoms with E-state index < -0.39 is 0 Å². The number of ether oxygens (including phenoxy) is 1. The van der Waals surface area contributed by atoms with E-state index in [1.165, 1.54) is 0 Å². The average Bonchev–Trinajstić information content (AvgIpc) is 2.45. The Labute approximate surface area is 122 Å². The Hall–Kier alpha value is -0.910. The number of hydrogen-bond acceptors (Lipinski definition) is 4. The fraction of sp³-hybridized carbons (Fsp3) is 0.182. The molecule has 1 N–H and O–H groups in total. The van der Waals surface area contributed by atoms with E-state index in [-0.39, 0.29) is 5.22 Å². The van der Waals surface area contributed by atoms with Crippen LogP contribution in [0.3, 0.4) is 0 Å². The monoisotopic (exact) mass is 347 g/mol. The third kappa shape index (κ3) is 1.77. The molecule has 18 heavy (non-hydrogen) atoms. The van der Waals surface area contributed by atoms with Crippen LogP contribution in [0.15, 0.2) is 26.9 Å². The van der Waals surface area contributed by atoms with E-state index >= 15 is 0 Å². The molecule has 2 aliphatic heterocycles. The van der Waals surface area contributed by atoms with E-state index in [1.54, 1.807) is 12.3 Å². The van der Waals surface area contributed by atoms with Crippen molar-refractivity contribution in [3.63, 3.8) is 0 Å². The number of nitrogens with one attached hydrogen (secondary N) is 1. The molecule has 0 radical (unpaired) electrons. The second kappa shape index (κ2) is 4.33. The van der Waals surface area contributed by atoms with Gasteiger partial charge < -0.3 is 15.0 Å². The first-order chi connectivity index (χ1) is 8.58. The first-order valence-electron chi connectivity index (χ1n) is 5.16. The van der Waals surface area contributed by atoms with Gasteiger partial charge in [-0.1, -0.05) is 11.6 Å². The van der Waals surface area contributed by atoms with Crippen LogP contribution in [0.5, 0.6) is 5.75 Å². The lowest BCUT2D eigenvalue weighted by Gasteiger charge is -2.24. The summed E-state index contributed by atoms with van der Waals surface area (Å²) in [4.78, 5) is 6.24. The summed E-state index contributed by atoms with van der Waals surface area (Å²) in [6, 6.07) is 1.79.